The van der Waals surface area contributed by atoms with E-state index in [0.717, 1.165) is 19.6 Å². The van der Waals surface area contributed by atoms with Gasteiger partial charge in [-0.15, -0.1) is 0 Å². The summed E-state index contributed by atoms with van der Waals surface area (Å²) in [5, 5.41) is 8.64. The molecule has 0 unspecified atom stereocenters. The zero-order valence-corrected chi connectivity index (χ0v) is 10.8. The minimum atomic E-state index is -0.677. The van der Waals surface area contributed by atoms with Gasteiger partial charge in [0.15, 0.2) is 0 Å². The van der Waals surface area contributed by atoms with E-state index in [2.05, 4.69) is 16.7 Å². The van der Waals surface area contributed by atoms with Crippen molar-refractivity contribution in [3.63, 3.8) is 0 Å². The second-order valence-corrected chi connectivity index (χ2v) is 5.70. The van der Waals surface area contributed by atoms with Crippen molar-refractivity contribution >= 4 is 5.97 Å². The standard InChI is InChI=1S/C13H24N2O2/c1-2-6-14-8-4-13(5-9-14)10-15(11-13)7-3-12(16)17/h2-11H2,1H3,(H,16,17). The molecule has 2 heterocycles. The number of carboxylic acids is 1. The van der Waals surface area contributed by atoms with Crippen molar-refractivity contribution in [1.82, 2.24) is 9.80 Å². The molecule has 4 heteroatoms. The molecule has 0 aliphatic carbocycles. The van der Waals surface area contributed by atoms with Gasteiger partial charge in [-0.05, 0) is 44.3 Å². The zero-order valence-electron chi connectivity index (χ0n) is 10.8. The van der Waals surface area contributed by atoms with Crippen LogP contribution in [0, 0.1) is 5.41 Å². The van der Waals surface area contributed by atoms with E-state index in [1.54, 1.807) is 0 Å². The first-order valence-electron chi connectivity index (χ1n) is 6.80. The van der Waals surface area contributed by atoms with E-state index in [4.69, 9.17) is 5.11 Å². The average molecular weight is 240 g/mol. The molecule has 4 nitrogen and oxygen atoms in total. The second kappa shape index (κ2) is 5.36. The Bertz CT molecular complexity index is 265. The third-order valence-corrected chi connectivity index (χ3v) is 4.22. The molecule has 98 valence electrons. The highest BCUT2D eigenvalue weighted by molar-refractivity contribution is 5.66. The Balaban J connectivity index is 1.67. The van der Waals surface area contributed by atoms with Crippen molar-refractivity contribution < 1.29 is 9.90 Å². The number of nitrogens with zero attached hydrogens (tertiary/aromatic N) is 2. The molecule has 1 spiro atoms. The van der Waals surface area contributed by atoms with Gasteiger partial charge in [-0.3, -0.25) is 4.79 Å². The molecule has 2 rings (SSSR count). The lowest BCUT2D eigenvalue weighted by atomic mass is 9.72. The minimum Gasteiger partial charge on any atom is -0.481 e. The van der Waals surface area contributed by atoms with Gasteiger partial charge in [0, 0.05) is 19.6 Å². The molecule has 0 amide bonds. The van der Waals surface area contributed by atoms with Gasteiger partial charge in [-0.2, -0.15) is 0 Å². The Kier molecular flexibility index (Phi) is 4.05. The van der Waals surface area contributed by atoms with Crippen LogP contribution in [-0.4, -0.2) is 60.1 Å². The van der Waals surface area contributed by atoms with Crippen LogP contribution in [0.2, 0.25) is 0 Å². The van der Waals surface area contributed by atoms with E-state index in [0.29, 0.717) is 5.41 Å². The van der Waals surface area contributed by atoms with Crippen molar-refractivity contribution in [3.8, 4) is 0 Å². The molecule has 2 aliphatic rings. The van der Waals surface area contributed by atoms with Gasteiger partial charge in [0.05, 0.1) is 6.42 Å². The number of piperidine rings is 1. The smallest absolute Gasteiger partial charge is 0.304 e. The molecule has 17 heavy (non-hydrogen) atoms. The van der Waals surface area contributed by atoms with Crippen LogP contribution >= 0.6 is 0 Å². The van der Waals surface area contributed by atoms with Crippen LogP contribution in [0.4, 0.5) is 0 Å². The largest absolute Gasteiger partial charge is 0.481 e. The fourth-order valence-electron chi connectivity index (χ4n) is 3.20. The van der Waals surface area contributed by atoms with E-state index in [1.165, 1.54) is 38.9 Å². The summed E-state index contributed by atoms with van der Waals surface area (Å²) in [5.74, 6) is -0.677. The highest BCUT2D eigenvalue weighted by Crippen LogP contribution is 2.40. The molecule has 0 aromatic carbocycles. The topological polar surface area (TPSA) is 43.8 Å². The first kappa shape index (κ1) is 12.8. The molecule has 2 saturated heterocycles. The molecule has 0 bridgehead atoms. The monoisotopic (exact) mass is 240 g/mol. The van der Waals surface area contributed by atoms with Gasteiger partial charge in [0.25, 0.3) is 0 Å². The van der Waals surface area contributed by atoms with E-state index in [9.17, 15) is 4.79 Å². The summed E-state index contributed by atoms with van der Waals surface area (Å²) in [4.78, 5) is 15.3. The van der Waals surface area contributed by atoms with Gasteiger partial charge < -0.3 is 14.9 Å². The summed E-state index contributed by atoms with van der Waals surface area (Å²) in [5.41, 5.74) is 0.531. The average Bonchev–Trinajstić information content (AvgIpc) is 2.26. The summed E-state index contributed by atoms with van der Waals surface area (Å²) in [6, 6.07) is 0. The Morgan fingerprint density at radius 3 is 2.35 bits per heavy atom. The third-order valence-electron chi connectivity index (χ3n) is 4.22. The highest BCUT2D eigenvalue weighted by atomic mass is 16.4. The van der Waals surface area contributed by atoms with E-state index in [-0.39, 0.29) is 6.42 Å². The molecule has 2 fully saturated rings. The van der Waals surface area contributed by atoms with Gasteiger partial charge in [0.1, 0.15) is 0 Å². The molecule has 0 aromatic rings. The summed E-state index contributed by atoms with van der Waals surface area (Å²) in [6.45, 7) is 8.93. The molecule has 0 aromatic heterocycles. The fraction of sp³-hybridized carbons (Fsp3) is 0.923. The molecule has 0 atom stereocenters. The number of likely N-dealkylation sites (tertiary alicyclic amines) is 2. The Morgan fingerprint density at radius 2 is 1.82 bits per heavy atom. The SMILES string of the molecule is CCCN1CCC2(CC1)CN(CCC(=O)O)C2. The van der Waals surface area contributed by atoms with Crippen molar-refractivity contribution in [2.24, 2.45) is 5.41 Å². The van der Waals surface area contributed by atoms with Crippen molar-refractivity contribution in [3.05, 3.63) is 0 Å². The van der Waals surface area contributed by atoms with Crippen LogP contribution in [0.15, 0.2) is 0 Å². The maximum Gasteiger partial charge on any atom is 0.304 e. The Morgan fingerprint density at radius 1 is 1.18 bits per heavy atom. The summed E-state index contributed by atoms with van der Waals surface area (Å²) in [6.07, 6.45) is 4.14. The predicted molar refractivity (Wildman–Crippen MR) is 67.1 cm³/mol. The Hall–Kier alpha value is -0.610. The van der Waals surface area contributed by atoms with Crippen LogP contribution in [0.5, 0.6) is 0 Å². The number of hydrogen-bond acceptors (Lipinski definition) is 3. The predicted octanol–water partition coefficient (Wildman–Crippen LogP) is 1.27. The summed E-state index contributed by atoms with van der Waals surface area (Å²) >= 11 is 0. The quantitative estimate of drug-likeness (QED) is 0.786. The number of carbonyl (C=O) groups is 1. The van der Waals surface area contributed by atoms with E-state index < -0.39 is 5.97 Å². The summed E-state index contributed by atoms with van der Waals surface area (Å²) < 4.78 is 0. The lowest BCUT2D eigenvalue weighted by Crippen LogP contribution is -2.60. The van der Waals surface area contributed by atoms with Crippen molar-refractivity contribution in [2.75, 3.05) is 39.3 Å². The van der Waals surface area contributed by atoms with Gasteiger partial charge in [0.2, 0.25) is 0 Å². The Labute approximate surface area is 104 Å². The number of carboxylic acid groups (broad SMARTS) is 1. The lowest BCUT2D eigenvalue weighted by molar-refractivity contribution is -0.138. The molecule has 0 saturated carbocycles. The number of rotatable bonds is 5. The molecular formula is C13H24N2O2. The maximum absolute atomic E-state index is 10.5. The van der Waals surface area contributed by atoms with E-state index >= 15 is 0 Å². The molecule has 2 aliphatic heterocycles. The normalized spacial score (nSPS) is 24.8. The van der Waals surface area contributed by atoms with Crippen LogP contribution < -0.4 is 0 Å². The van der Waals surface area contributed by atoms with Gasteiger partial charge in [-0.25, -0.2) is 0 Å². The van der Waals surface area contributed by atoms with E-state index in [1.807, 2.05) is 0 Å². The molecule has 0 radical (unpaired) electrons. The summed E-state index contributed by atoms with van der Waals surface area (Å²) in [7, 11) is 0. The zero-order chi connectivity index (χ0) is 12.3. The number of aliphatic carboxylic acids is 1. The van der Waals surface area contributed by atoms with Gasteiger partial charge >= 0.3 is 5.97 Å². The highest BCUT2D eigenvalue weighted by Gasteiger charge is 2.44. The lowest BCUT2D eigenvalue weighted by Gasteiger charge is -2.54. The third kappa shape index (κ3) is 3.19. The first-order valence-corrected chi connectivity index (χ1v) is 6.80. The molecular weight excluding hydrogens is 216 g/mol. The first-order chi connectivity index (χ1) is 8.13. The fourth-order valence-corrected chi connectivity index (χ4v) is 3.20. The van der Waals surface area contributed by atoms with Gasteiger partial charge in [-0.1, -0.05) is 6.92 Å². The van der Waals surface area contributed by atoms with Crippen molar-refractivity contribution in [2.45, 2.75) is 32.6 Å². The van der Waals surface area contributed by atoms with Crippen LogP contribution in [0.3, 0.4) is 0 Å². The maximum atomic E-state index is 10.5. The second-order valence-electron chi connectivity index (χ2n) is 5.70. The number of hydrogen-bond donors (Lipinski definition) is 1. The van der Waals surface area contributed by atoms with Crippen LogP contribution in [-0.2, 0) is 4.79 Å². The minimum absolute atomic E-state index is 0.290. The molecule has 1 N–H and O–H groups in total. The van der Waals surface area contributed by atoms with Crippen LogP contribution in [0.1, 0.15) is 32.6 Å². The van der Waals surface area contributed by atoms with Crippen molar-refractivity contribution in [1.29, 1.82) is 0 Å². The van der Waals surface area contributed by atoms with Crippen LogP contribution in [0.25, 0.3) is 0 Å².